The van der Waals surface area contributed by atoms with Crippen LogP contribution in [0.5, 0.6) is 5.06 Å². The van der Waals surface area contributed by atoms with Crippen LogP contribution in [-0.2, 0) is 23.1 Å². The van der Waals surface area contributed by atoms with E-state index in [1.54, 1.807) is 48.5 Å². The van der Waals surface area contributed by atoms with Crippen molar-refractivity contribution in [1.29, 1.82) is 0 Å². The van der Waals surface area contributed by atoms with Crippen LogP contribution < -0.4 is 15.4 Å². The largest absolute Gasteiger partial charge is 0.498 e. The van der Waals surface area contributed by atoms with Gasteiger partial charge in [0.05, 0.1) is 23.2 Å². The summed E-state index contributed by atoms with van der Waals surface area (Å²) < 4.78 is 33.9. The van der Waals surface area contributed by atoms with Crippen molar-refractivity contribution >= 4 is 44.2 Å². The van der Waals surface area contributed by atoms with E-state index in [0.717, 1.165) is 16.9 Å². The summed E-state index contributed by atoms with van der Waals surface area (Å²) in [5.41, 5.74) is 1.98. The molecule has 3 aromatic heterocycles. The Hall–Kier alpha value is -4.37. The molecule has 5 aromatic rings. The lowest BCUT2D eigenvalue weighted by Gasteiger charge is -2.28. The highest BCUT2D eigenvalue weighted by Gasteiger charge is 2.21. The Morgan fingerprint density at radius 1 is 1.05 bits per heavy atom. The summed E-state index contributed by atoms with van der Waals surface area (Å²) in [5, 5.41) is 35.7. The normalized spacial score (nSPS) is 12.7. The molecule has 5 N–H and O–H groups in total. The second-order valence-corrected chi connectivity index (χ2v) is 13.4. The van der Waals surface area contributed by atoms with Gasteiger partial charge in [-0.05, 0) is 62.2 Å². The van der Waals surface area contributed by atoms with Crippen molar-refractivity contribution < 1.29 is 23.4 Å². The quantitative estimate of drug-likeness (QED) is 0.129. The monoisotopic (exact) mass is 635 g/mol. The second-order valence-electron chi connectivity index (χ2n) is 10.9. The Morgan fingerprint density at radius 2 is 1.84 bits per heavy atom. The lowest BCUT2D eigenvalue weighted by Crippen LogP contribution is -2.42. The maximum absolute atomic E-state index is 12.7. The van der Waals surface area contributed by atoms with Crippen LogP contribution >= 0.6 is 11.5 Å². The summed E-state index contributed by atoms with van der Waals surface area (Å²) in [7, 11) is -3.74. The van der Waals surface area contributed by atoms with E-state index < -0.39 is 16.1 Å². The van der Waals surface area contributed by atoms with E-state index in [-0.39, 0.29) is 40.2 Å². The Labute approximate surface area is 259 Å². The molecule has 0 spiro atoms. The molecular weight excluding hydrogens is 603 g/mol. The van der Waals surface area contributed by atoms with Gasteiger partial charge < -0.3 is 25.4 Å². The van der Waals surface area contributed by atoms with Crippen LogP contribution in [0.25, 0.3) is 11.0 Å². The minimum Gasteiger partial charge on any atom is -0.498 e. The Morgan fingerprint density at radius 3 is 2.59 bits per heavy atom. The zero-order valence-corrected chi connectivity index (χ0v) is 25.8. The Kier molecular flexibility index (Phi) is 9.25. The molecule has 0 aliphatic rings. The number of sulfonamides is 1. The fourth-order valence-corrected chi connectivity index (χ4v) is 6.11. The average molecular weight is 636 g/mol. The lowest BCUT2D eigenvalue weighted by atomic mass is 9.99. The number of aromatic nitrogens is 4. The topological polar surface area (TPSA) is 171 Å². The molecule has 44 heavy (non-hydrogen) atoms. The average Bonchev–Trinajstić information content (AvgIpc) is 3.63. The number of carbonyl (C=O) groups excluding carboxylic acids is 1. The number of rotatable bonds is 13. The van der Waals surface area contributed by atoms with Crippen molar-refractivity contribution in [1.82, 2.24) is 29.8 Å². The molecule has 2 aromatic carbocycles. The molecule has 0 aliphatic carbocycles. The van der Waals surface area contributed by atoms with Crippen molar-refractivity contribution in [3.8, 4) is 5.06 Å². The number of carbonyl (C=O) groups is 1. The molecule has 5 rings (SSSR count). The molecule has 0 saturated carbocycles. The lowest BCUT2D eigenvalue weighted by molar-refractivity contribution is 0.0944. The SMILES string of the molecule is CC(C)(CCn1ccc2cc(C(=O)NCc3cc(O)sn3)nnc21)NC[C@H](O)c1cccc(NS(=O)(=O)c2ccccc2)c1. The van der Waals surface area contributed by atoms with Crippen molar-refractivity contribution in [2.75, 3.05) is 11.3 Å². The summed E-state index contributed by atoms with van der Waals surface area (Å²) in [4.78, 5) is 12.7. The zero-order valence-electron chi connectivity index (χ0n) is 24.1. The number of aliphatic hydroxyl groups is 1. The highest BCUT2D eigenvalue weighted by Crippen LogP contribution is 2.22. The standard InChI is InChI=1S/C30H33N7O5S2/c1-30(2,32-19-26(38)20-7-6-8-22(15-20)36-44(41,42)24-9-4-3-5-10-24)12-14-37-13-11-21-16-25(33-34-28(21)37)29(40)31-18-23-17-27(39)43-35-23/h3-11,13,15-17,26,32,36,38-39H,12,14,18-19H2,1-2H3,(H,31,40)/t26-/m0/s1. The third-order valence-electron chi connectivity index (χ3n) is 7.05. The Balaban J connectivity index is 1.14. The summed E-state index contributed by atoms with van der Waals surface area (Å²) in [6.07, 6.45) is 1.73. The van der Waals surface area contributed by atoms with Gasteiger partial charge in [0.15, 0.2) is 16.4 Å². The van der Waals surface area contributed by atoms with Gasteiger partial charge in [-0.2, -0.15) is 4.37 Å². The van der Waals surface area contributed by atoms with Crippen molar-refractivity contribution in [3.63, 3.8) is 0 Å². The number of β-amino-alcohol motifs (C(OH)–C–C–N with tert-alkyl or cyclic N) is 1. The second kappa shape index (κ2) is 13.1. The number of amides is 1. The predicted molar refractivity (Wildman–Crippen MR) is 168 cm³/mol. The zero-order chi connectivity index (χ0) is 31.3. The van der Waals surface area contributed by atoms with Gasteiger partial charge in [0, 0.05) is 53.5 Å². The minimum absolute atomic E-state index is 0.0865. The number of hydrogen-bond acceptors (Lipinski definition) is 10. The molecule has 1 amide bonds. The fraction of sp³-hybridized carbons (Fsp3) is 0.267. The number of aryl methyl sites for hydroxylation is 1. The fourth-order valence-electron chi connectivity index (χ4n) is 4.53. The maximum Gasteiger partial charge on any atom is 0.272 e. The molecule has 230 valence electrons. The summed E-state index contributed by atoms with van der Waals surface area (Å²) >= 11 is 0.953. The molecule has 0 unspecified atom stereocenters. The van der Waals surface area contributed by atoms with Crippen LogP contribution in [0.1, 0.15) is 48.1 Å². The van der Waals surface area contributed by atoms with E-state index in [4.69, 9.17) is 0 Å². The van der Waals surface area contributed by atoms with Gasteiger partial charge in [0.1, 0.15) is 0 Å². The van der Waals surface area contributed by atoms with Crippen LogP contribution in [0.3, 0.4) is 0 Å². The first-order valence-electron chi connectivity index (χ1n) is 13.9. The van der Waals surface area contributed by atoms with E-state index in [9.17, 15) is 23.4 Å². The summed E-state index contributed by atoms with van der Waals surface area (Å²) in [5.74, 6) is -0.386. The van der Waals surface area contributed by atoms with Gasteiger partial charge in [0.25, 0.3) is 15.9 Å². The molecule has 1 atom stereocenters. The first-order valence-corrected chi connectivity index (χ1v) is 16.1. The molecule has 0 fully saturated rings. The van der Waals surface area contributed by atoms with Crippen LogP contribution in [-0.4, -0.2) is 55.8 Å². The number of nitrogens with one attached hydrogen (secondary N) is 3. The van der Waals surface area contributed by atoms with Crippen molar-refractivity contribution in [2.24, 2.45) is 0 Å². The minimum atomic E-state index is -3.74. The van der Waals surface area contributed by atoms with Gasteiger partial charge in [-0.1, -0.05) is 30.3 Å². The number of aliphatic hydroxyl groups excluding tert-OH is 1. The van der Waals surface area contributed by atoms with Gasteiger partial charge >= 0.3 is 0 Å². The smallest absolute Gasteiger partial charge is 0.272 e. The molecule has 0 saturated heterocycles. The van der Waals surface area contributed by atoms with Crippen LogP contribution in [0.2, 0.25) is 0 Å². The number of aromatic hydroxyl groups is 1. The summed E-state index contributed by atoms with van der Waals surface area (Å²) in [6, 6.07) is 19.9. The maximum atomic E-state index is 12.7. The Bertz CT molecular complexity index is 1860. The third-order valence-corrected chi connectivity index (χ3v) is 9.07. The van der Waals surface area contributed by atoms with Crippen molar-refractivity contribution in [2.45, 2.75) is 49.9 Å². The number of nitrogens with zero attached hydrogens (tertiary/aromatic N) is 4. The van der Waals surface area contributed by atoms with Crippen LogP contribution in [0, 0.1) is 0 Å². The van der Waals surface area contributed by atoms with Gasteiger partial charge in [-0.15, -0.1) is 10.2 Å². The number of anilines is 1. The molecule has 0 radical (unpaired) electrons. The van der Waals surface area contributed by atoms with Gasteiger partial charge in [0.2, 0.25) is 0 Å². The third kappa shape index (κ3) is 7.77. The number of hydrogen-bond donors (Lipinski definition) is 5. The van der Waals surface area contributed by atoms with Gasteiger partial charge in [-0.3, -0.25) is 9.52 Å². The van der Waals surface area contributed by atoms with Crippen LogP contribution in [0.15, 0.2) is 83.9 Å². The highest BCUT2D eigenvalue weighted by molar-refractivity contribution is 7.92. The predicted octanol–water partition coefficient (Wildman–Crippen LogP) is 3.82. The van der Waals surface area contributed by atoms with E-state index in [1.807, 2.05) is 30.7 Å². The number of fused-ring (bicyclic) bond motifs is 1. The molecule has 0 bridgehead atoms. The molecule has 12 nitrogen and oxygen atoms in total. The molecule has 14 heteroatoms. The van der Waals surface area contributed by atoms with E-state index >= 15 is 0 Å². The van der Waals surface area contributed by atoms with Crippen molar-refractivity contribution in [3.05, 3.63) is 95.9 Å². The molecule has 0 aliphatic heterocycles. The van der Waals surface area contributed by atoms with E-state index in [1.165, 1.54) is 18.2 Å². The number of benzene rings is 2. The van der Waals surface area contributed by atoms with Crippen LogP contribution in [0.4, 0.5) is 5.69 Å². The highest BCUT2D eigenvalue weighted by atomic mass is 32.2. The molecule has 3 heterocycles. The van der Waals surface area contributed by atoms with E-state index in [2.05, 4.69) is 29.9 Å². The summed E-state index contributed by atoms with van der Waals surface area (Å²) in [6.45, 7) is 5.11. The first-order chi connectivity index (χ1) is 21.0. The van der Waals surface area contributed by atoms with E-state index in [0.29, 0.717) is 35.6 Å². The molecular formula is C30H33N7O5S2. The first kappa shape index (κ1) is 31.1. The van der Waals surface area contributed by atoms with Gasteiger partial charge in [-0.25, -0.2) is 8.42 Å².